The van der Waals surface area contributed by atoms with Crippen LogP contribution in [0, 0.1) is 29.6 Å². The third-order valence-corrected chi connectivity index (χ3v) is 4.65. The summed E-state index contributed by atoms with van der Waals surface area (Å²) < 4.78 is 49.7. The van der Waals surface area contributed by atoms with Crippen molar-refractivity contribution < 1.29 is 32.2 Å². The molecule has 1 aliphatic heterocycles. The molecular formula is C13H15F3O4. The highest BCUT2D eigenvalue weighted by Crippen LogP contribution is 2.62. The van der Waals surface area contributed by atoms with Gasteiger partial charge in [0.25, 0.3) is 0 Å². The summed E-state index contributed by atoms with van der Waals surface area (Å²) in [6.07, 6.45) is -5.88. The van der Waals surface area contributed by atoms with Gasteiger partial charge >= 0.3 is 18.1 Å². The fourth-order valence-corrected chi connectivity index (χ4v) is 3.86. The van der Waals surface area contributed by atoms with Gasteiger partial charge in [0.15, 0.2) is 0 Å². The molecule has 0 amide bonds. The van der Waals surface area contributed by atoms with E-state index in [-0.39, 0.29) is 6.42 Å². The number of hydrogen-bond acceptors (Lipinski definition) is 4. The predicted molar refractivity (Wildman–Crippen MR) is 59.2 cm³/mol. The first-order valence-corrected chi connectivity index (χ1v) is 6.69. The molecule has 0 aromatic rings. The molecule has 20 heavy (non-hydrogen) atoms. The molecule has 0 radical (unpaired) electrons. The van der Waals surface area contributed by atoms with Crippen molar-refractivity contribution in [3.8, 4) is 0 Å². The first-order valence-electron chi connectivity index (χ1n) is 6.69. The molecule has 3 aliphatic rings. The Morgan fingerprint density at radius 3 is 2.55 bits per heavy atom. The van der Waals surface area contributed by atoms with Gasteiger partial charge in [0.05, 0.1) is 17.8 Å². The average Bonchev–Trinajstić information content (AvgIpc) is 2.90. The number of carbonyl (C=O) groups is 2. The second kappa shape index (κ2) is 4.11. The average molecular weight is 292 g/mol. The van der Waals surface area contributed by atoms with Gasteiger partial charge in [-0.25, -0.2) is 0 Å². The third-order valence-electron chi connectivity index (χ3n) is 4.65. The molecule has 3 fully saturated rings. The number of fused-ring (bicyclic) bond motifs is 1. The zero-order valence-electron chi connectivity index (χ0n) is 11.0. The standard InChI is InChI=1S/C13H15F3O4/c1-4(2)11(17)19-10-6-3-5-7(8(6)13(14,15)16)12(18)20-9(5)10/h4-10H,3H2,1-2H3. The van der Waals surface area contributed by atoms with Crippen LogP contribution in [0.15, 0.2) is 0 Å². The van der Waals surface area contributed by atoms with Crippen molar-refractivity contribution in [2.75, 3.05) is 0 Å². The SMILES string of the molecule is CC(C)C(=O)OC1C2CC3C1OC(=O)C3C2C(F)(F)F. The lowest BCUT2D eigenvalue weighted by Gasteiger charge is -2.32. The van der Waals surface area contributed by atoms with E-state index >= 15 is 0 Å². The van der Waals surface area contributed by atoms with Crippen molar-refractivity contribution in [1.82, 2.24) is 0 Å². The van der Waals surface area contributed by atoms with E-state index in [1.807, 2.05) is 0 Å². The molecule has 1 saturated heterocycles. The van der Waals surface area contributed by atoms with Gasteiger partial charge in [0, 0.05) is 11.8 Å². The maximum absolute atomic E-state index is 13.2. The van der Waals surface area contributed by atoms with Crippen molar-refractivity contribution in [3.05, 3.63) is 0 Å². The van der Waals surface area contributed by atoms with Crippen LogP contribution in [0.5, 0.6) is 0 Å². The topological polar surface area (TPSA) is 52.6 Å². The van der Waals surface area contributed by atoms with Crippen molar-refractivity contribution >= 4 is 11.9 Å². The Hall–Kier alpha value is -1.27. The quantitative estimate of drug-likeness (QED) is 0.730. The summed E-state index contributed by atoms with van der Waals surface area (Å²) in [5.74, 6) is -5.96. The molecule has 2 bridgehead atoms. The molecular weight excluding hydrogens is 277 g/mol. The fraction of sp³-hybridized carbons (Fsp3) is 0.846. The molecule has 0 spiro atoms. The van der Waals surface area contributed by atoms with E-state index in [1.54, 1.807) is 13.8 Å². The largest absolute Gasteiger partial charge is 0.458 e. The van der Waals surface area contributed by atoms with Crippen LogP contribution in [0.25, 0.3) is 0 Å². The van der Waals surface area contributed by atoms with Gasteiger partial charge in [0.1, 0.15) is 12.2 Å². The van der Waals surface area contributed by atoms with Crippen LogP contribution in [0.2, 0.25) is 0 Å². The number of ether oxygens (including phenoxy) is 2. The number of halogens is 3. The number of rotatable bonds is 2. The van der Waals surface area contributed by atoms with Crippen LogP contribution in [0.4, 0.5) is 13.2 Å². The second-order valence-corrected chi connectivity index (χ2v) is 6.11. The maximum atomic E-state index is 13.2. The van der Waals surface area contributed by atoms with Crippen LogP contribution in [-0.4, -0.2) is 30.3 Å². The smallest absolute Gasteiger partial charge is 0.393 e. The number of carbonyl (C=O) groups excluding carboxylic acids is 2. The van der Waals surface area contributed by atoms with Gasteiger partial charge < -0.3 is 9.47 Å². The van der Waals surface area contributed by atoms with Gasteiger partial charge in [-0.1, -0.05) is 13.8 Å². The predicted octanol–water partition coefficient (Wildman–Crippen LogP) is 1.92. The Morgan fingerprint density at radius 2 is 2.00 bits per heavy atom. The van der Waals surface area contributed by atoms with Crippen molar-refractivity contribution in [1.29, 1.82) is 0 Å². The van der Waals surface area contributed by atoms with Gasteiger partial charge in [-0.2, -0.15) is 13.2 Å². The highest BCUT2D eigenvalue weighted by atomic mass is 19.4. The van der Waals surface area contributed by atoms with Gasteiger partial charge in [0.2, 0.25) is 0 Å². The number of esters is 2. The molecule has 2 aliphatic carbocycles. The highest BCUT2D eigenvalue weighted by Gasteiger charge is 2.73. The summed E-state index contributed by atoms with van der Waals surface area (Å²) in [5, 5.41) is 0. The lowest BCUT2D eigenvalue weighted by Crippen LogP contribution is -2.46. The molecule has 7 heteroatoms. The summed E-state index contributed by atoms with van der Waals surface area (Å²) in [7, 11) is 0. The normalized spacial score (nSPS) is 42.2. The first kappa shape index (κ1) is 13.7. The van der Waals surface area contributed by atoms with E-state index in [0.717, 1.165) is 0 Å². The van der Waals surface area contributed by atoms with E-state index in [0.29, 0.717) is 0 Å². The van der Waals surface area contributed by atoms with E-state index in [4.69, 9.17) is 9.47 Å². The molecule has 6 atom stereocenters. The van der Waals surface area contributed by atoms with Crippen LogP contribution in [0.1, 0.15) is 20.3 Å². The van der Waals surface area contributed by atoms with Gasteiger partial charge in [-0.3, -0.25) is 9.59 Å². The van der Waals surface area contributed by atoms with Gasteiger partial charge in [-0.15, -0.1) is 0 Å². The molecule has 2 saturated carbocycles. The minimum Gasteiger partial charge on any atom is -0.458 e. The summed E-state index contributed by atoms with van der Waals surface area (Å²) in [6, 6.07) is 0. The van der Waals surface area contributed by atoms with E-state index in [9.17, 15) is 22.8 Å². The molecule has 3 rings (SSSR count). The molecule has 0 aromatic carbocycles. The zero-order valence-corrected chi connectivity index (χ0v) is 11.0. The highest BCUT2D eigenvalue weighted by molar-refractivity contribution is 5.78. The van der Waals surface area contributed by atoms with Crippen molar-refractivity contribution in [3.63, 3.8) is 0 Å². The maximum Gasteiger partial charge on any atom is 0.393 e. The molecule has 112 valence electrons. The molecule has 0 aromatic heterocycles. The first-order chi connectivity index (χ1) is 9.21. The summed E-state index contributed by atoms with van der Waals surface area (Å²) in [4.78, 5) is 23.3. The Morgan fingerprint density at radius 1 is 1.35 bits per heavy atom. The van der Waals surface area contributed by atoms with Crippen LogP contribution in [-0.2, 0) is 19.1 Å². The fourth-order valence-electron chi connectivity index (χ4n) is 3.86. The van der Waals surface area contributed by atoms with Gasteiger partial charge in [-0.05, 0) is 6.42 Å². The Labute approximate surface area is 113 Å². The molecule has 4 nitrogen and oxygen atoms in total. The Kier molecular flexibility index (Phi) is 2.82. The minimum absolute atomic E-state index is 0.237. The third kappa shape index (κ3) is 1.74. The summed E-state index contributed by atoms with van der Waals surface area (Å²) in [5.41, 5.74) is 0. The summed E-state index contributed by atoms with van der Waals surface area (Å²) in [6.45, 7) is 3.22. The van der Waals surface area contributed by atoms with Crippen molar-refractivity contribution in [2.45, 2.75) is 38.7 Å². The molecule has 6 unspecified atom stereocenters. The second-order valence-electron chi connectivity index (χ2n) is 6.11. The minimum atomic E-state index is -4.47. The van der Waals surface area contributed by atoms with E-state index < -0.39 is 59.9 Å². The van der Waals surface area contributed by atoms with Crippen LogP contribution >= 0.6 is 0 Å². The van der Waals surface area contributed by atoms with Crippen molar-refractivity contribution in [2.24, 2.45) is 29.6 Å². The molecule has 1 heterocycles. The van der Waals surface area contributed by atoms with E-state index in [2.05, 4.69) is 0 Å². The van der Waals surface area contributed by atoms with Crippen LogP contribution in [0.3, 0.4) is 0 Å². The monoisotopic (exact) mass is 292 g/mol. The number of alkyl halides is 3. The Balaban J connectivity index is 1.88. The zero-order chi connectivity index (χ0) is 14.8. The molecule has 0 N–H and O–H groups in total. The summed E-state index contributed by atoms with van der Waals surface area (Å²) >= 11 is 0. The van der Waals surface area contributed by atoms with E-state index in [1.165, 1.54) is 0 Å². The Bertz CT molecular complexity index is 459. The lowest BCUT2D eigenvalue weighted by molar-refractivity contribution is -0.212. The number of hydrogen-bond donors (Lipinski definition) is 0. The lowest BCUT2D eigenvalue weighted by atomic mass is 9.78. The van der Waals surface area contributed by atoms with Crippen LogP contribution < -0.4 is 0 Å².